The van der Waals surface area contributed by atoms with Crippen molar-refractivity contribution in [3.63, 3.8) is 0 Å². The van der Waals surface area contributed by atoms with Gasteiger partial charge < -0.3 is 10.0 Å². The molecule has 1 N–H and O–H groups in total. The molecule has 1 aliphatic carbocycles. The molecule has 2 heterocycles. The number of carbonyl (C=O) groups excluding carboxylic acids is 1. The zero-order chi connectivity index (χ0) is 14.7. The van der Waals surface area contributed by atoms with E-state index in [2.05, 4.69) is 16.8 Å². The van der Waals surface area contributed by atoms with Crippen LogP contribution in [0.4, 0.5) is 0 Å². The van der Waals surface area contributed by atoms with Gasteiger partial charge in [-0.3, -0.25) is 4.79 Å². The molecule has 4 nitrogen and oxygen atoms in total. The minimum atomic E-state index is 0.0410. The molecule has 0 bridgehead atoms. The zero-order valence-electron chi connectivity index (χ0n) is 12.1. The van der Waals surface area contributed by atoms with Crippen LogP contribution in [-0.2, 0) is 0 Å². The molecule has 3 rings (SSSR count). The third-order valence-corrected chi connectivity index (χ3v) is 4.47. The van der Waals surface area contributed by atoms with Crippen molar-refractivity contribution in [1.82, 2.24) is 9.88 Å². The first-order valence-electron chi connectivity index (χ1n) is 7.63. The van der Waals surface area contributed by atoms with Gasteiger partial charge in [0.2, 0.25) is 0 Å². The summed E-state index contributed by atoms with van der Waals surface area (Å²) in [5.74, 6) is 7.22. The Hall–Kier alpha value is -1.86. The van der Waals surface area contributed by atoms with Crippen molar-refractivity contribution < 1.29 is 9.90 Å². The Balaban J connectivity index is 1.64. The number of aliphatic hydroxyl groups excluding tert-OH is 1. The number of nitrogens with zero attached hydrogens (tertiary/aromatic N) is 2. The van der Waals surface area contributed by atoms with Crippen molar-refractivity contribution in [1.29, 1.82) is 0 Å². The third-order valence-electron chi connectivity index (χ3n) is 4.47. The largest absolute Gasteiger partial charge is 0.395 e. The van der Waals surface area contributed by atoms with Crippen LogP contribution in [0, 0.1) is 23.7 Å². The van der Waals surface area contributed by atoms with E-state index in [1.54, 1.807) is 12.3 Å². The molecule has 110 valence electrons. The topological polar surface area (TPSA) is 53.4 Å². The number of hydrogen-bond acceptors (Lipinski definition) is 3. The second-order valence-electron chi connectivity index (χ2n) is 5.87. The second-order valence-corrected chi connectivity index (χ2v) is 5.87. The van der Waals surface area contributed by atoms with Crippen molar-refractivity contribution in [3.05, 3.63) is 29.6 Å². The van der Waals surface area contributed by atoms with E-state index in [0.717, 1.165) is 18.7 Å². The number of aliphatic hydroxyl groups is 1. The Morgan fingerprint density at radius 2 is 2.10 bits per heavy atom. The fourth-order valence-electron chi connectivity index (χ4n) is 3.38. The highest BCUT2D eigenvalue weighted by molar-refractivity contribution is 5.92. The van der Waals surface area contributed by atoms with Gasteiger partial charge in [-0.05, 0) is 36.8 Å². The summed E-state index contributed by atoms with van der Waals surface area (Å²) in [5, 5.41) is 8.68. The quantitative estimate of drug-likeness (QED) is 0.841. The molecule has 1 saturated heterocycles. The molecule has 2 unspecified atom stereocenters. The molecule has 1 aromatic rings. The first-order chi connectivity index (χ1) is 10.3. The fraction of sp³-hybridized carbons (Fsp3) is 0.529. The number of amides is 1. The molecule has 2 atom stereocenters. The van der Waals surface area contributed by atoms with Gasteiger partial charge in [0.15, 0.2) is 0 Å². The summed E-state index contributed by atoms with van der Waals surface area (Å²) in [5.41, 5.74) is 1.28. The van der Waals surface area contributed by atoms with E-state index < -0.39 is 0 Å². The van der Waals surface area contributed by atoms with Crippen molar-refractivity contribution in [3.8, 4) is 11.8 Å². The Morgan fingerprint density at radius 1 is 1.33 bits per heavy atom. The molecule has 2 aliphatic rings. The number of rotatable bonds is 2. The predicted molar refractivity (Wildman–Crippen MR) is 79.6 cm³/mol. The maximum absolute atomic E-state index is 12.4. The van der Waals surface area contributed by atoms with Crippen LogP contribution in [0.15, 0.2) is 18.3 Å². The molecule has 1 amide bonds. The number of pyridine rings is 1. The Morgan fingerprint density at radius 3 is 2.71 bits per heavy atom. The number of hydrogen-bond donors (Lipinski definition) is 1. The lowest BCUT2D eigenvalue weighted by molar-refractivity contribution is 0.0775. The second kappa shape index (κ2) is 6.28. The lowest BCUT2D eigenvalue weighted by Gasteiger charge is -2.16. The molecule has 4 heteroatoms. The van der Waals surface area contributed by atoms with Crippen LogP contribution >= 0.6 is 0 Å². The van der Waals surface area contributed by atoms with Crippen LogP contribution in [-0.4, -0.2) is 40.6 Å². The van der Waals surface area contributed by atoms with Crippen LogP contribution in [0.2, 0.25) is 0 Å². The number of carbonyl (C=O) groups is 1. The van der Waals surface area contributed by atoms with Crippen LogP contribution in [0.5, 0.6) is 0 Å². The SMILES string of the molecule is O=C(c1ccc(C#CCCO)cn1)N1CC2CCCC2C1. The van der Waals surface area contributed by atoms with Crippen LogP contribution in [0.25, 0.3) is 0 Å². The summed E-state index contributed by atoms with van der Waals surface area (Å²) in [6.07, 6.45) is 5.94. The summed E-state index contributed by atoms with van der Waals surface area (Å²) >= 11 is 0. The lowest BCUT2D eigenvalue weighted by atomic mass is 10.0. The molecule has 0 aromatic carbocycles. The average Bonchev–Trinajstić information content (AvgIpc) is 3.09. The van der Waals surface area contributed by atoms with E-state index in [9.17, 15) is 4.79 Å². The fourth-order valence-corrected chi connectivity index (χ4v) is 3.38. The van der Waals surface area contributed by atoms with Gasteiger partial charge in [-0.2, -0.15) is 0 Å². The summed E-state index contributed by atoms with van der Waals surface area (Å²) in [4.78, 5) is 18.6. The van der Waals surface area contributed by atoms with E-state index in [-0.39, 0.29) is 12.5 Å². The van der Waals surface area contributed by atoms with Crippen LogP contribution in [0.3, 0.4) is 0 Å². The van der Waals surface area contributed by atoms with Crippen molar-refractivity contribution in [2.75, 3.05) is 19.7 Å². The van der Waals surface area contributed by atoms with E-state index >= 15 is 0 Å². The summed E-state index contributed by atoms with van der Waals surface area (Å²) in [6, 6.07) is 3.57. The van der Waals surface area contributed by atoms with Gasteiger partial charge in [-0.1, -0.05) is 18.3 Å². The molecule has 21 heavy (non-hydrogen) atoms. The van der Waals surface area contributed by atoms with E-state index in [1.165, 1.54) is 19.3 Å². The van der Waals surface area contributed by atoms with Gasteiger partial charge in [0.05, 0.1) is 6.61 Å². The van der Waals surface area contributed by atoms with E-state index in [4.69, 9.17) is 5.11 Å². The van der Waals surface area contributed by atoms with Gasteiger partial charge in [0, 0.05) is 31.3 Å². The number of aromatic nitrogens is 1. The number of fused-ring (bicyclic) bond motifs is 1. The third kappa shape index (κ3) is 3.08. The van der Waals surface area contributed by atoms with E-state index in [0.29, 0.717) is 24.0 Å². The lowest BCUT2D eigenvalue weighted by Crippen LogP contribution is -2.30. The number of likely N-dealkylation sites (tertiary alicyclic amines) is 1. The maximum Gasteiger partial charge on any atom is 0.272 e. The first kappa shape index (κ1) is 14.1. The molecule has 0 radical (unpaired) electrons. The molecule has 2 fully saturated rings. The normalized spacial score (nSPS) is 23.6. The highest BCUT2D eigenvalue weighted by Gasteiger charge is 2.38. The monoisotopic (exact) mass is 284 g/mol. The predicted octanol–water partition coefficient (Wildman–Crippen LogP) is 1.69. The minimum absolute atomic E-state index is 0.0410. The molecular weight excluding hydrogens is 264 g/mol. The Bertz CT molecular complexity index is 559. The maximum atomic E-state index is 12.4. The smallest absolute Gasteiger partial charge is 0.272 e. The molecule has 1 aliphatic heterocycles. The van der Waals surface area contributed by atoms with Crippen LogP contribution in [0.1, 0.15) is 41.7 Å². The summed E-state index contributed by atoms with van der Waals surface area (Å²) in [7, 11) is 0. The minimum Gasteiger partial charge on any atom is -0.395 e. The molecule has 1 aromatic heterocycles. The Labute approximate surface area is 125 Å². The summed E-state index contributed by atoms with van der Waals surface area (Å²) < 4.78 is 0. The van der Waals surface area contributed by atoms with Crippen molar-refractivity contribution in [2.45, 2.75) is 25.7 Å². The van der Waals surface area contributed by atoms with Gasteiger partial charge in [-0.25, -0.2) is 4.98 Å². The van der Waals surface area contributed by atoms with E-state index in [1.807, 2.05) is 11.0 Å². The molecule has 1 saturated carbocycles. The zero-order valence-corrected chi connectivity index (χ0v) is 12.1. The van der Waals surface area contributed by atoms with Gasteiger partial charge in [0.25, 0.3) is 5.91 Å². The van der Waals surface area contributed by atoms with Gasteiger partial charge in [-0.15, -0.1) is 0 Å². The van der Waals surface area contributed by atoms with Gasteiger partial charge >= 0.3 is 0 Å². The highest BCUT2D eigenvalue weighted by atomic mass is 16.2. The molecule has 0 spiro atoms. The van der Waals surface area contributed by atoms with Gasteiger partial charge in [0.1, 0.15) is 5.69 Å². The Kier molecular flexibility index (Phi) is 4.21. The van der Waals surface area contributed by atoms with Crippen molar-refractivity contribution in [2.24, 2.45) is 11.8 Å². The molecular formula is C17H20N2O2. The standard InChI is InChI=1S/C17H20N2O2/c20-9-2-1-4-13-7-8-16(18-10-13)17(21)19-11-14-5-3-6-15(14)12-19/h7-8,10,14-15,20H,2-3,5-6,9,11-12H2. The first-order valence-corrected chi connectivity index (χ1v) is 7.63. The average molecular weight is 284 g/mol. The summed E-state index contributed by atoms with van der Waals surface area (Å²) in [6.45, 7) is 1.85. The van der Waals surface area contributed by atoms with Crippen LogP contribution < -0.4 is 0 Å². The highest BCUT2D eigenvalue weighted by Crippen LogP contribution is 2.37. The van der Waals surface area contributed by atoms with Crippen molar-refractivity contribution >= 4 is 5.91 Å².